The Hall–Kier alpha value is -1.59. The Morgan fingerprint density at radius 2 is 2.10 bits per heavy atom. The van der Waals surface area contributed by atoms with Gasteiger partial charge >= 0.3 is 0 Å². The molecule has 1 atom stereocenters. The quantitative estimate of drug-likeness (QED) is 0.861. The van der Waals surface area contributed by atoms with Gasteiger partial charge in [0.25, 0.3) is 0 Å². The van der Waals surface area contributed by atoms with Gasteiger partial charge in [0.1, 0.15) is 5.75 Å². The van der Waals surface area contributed by atoms with Gasteiger partial charge in [-0.2, -0.15) is 0 Å². The third-order valence-corrected chi connectivity index (χ3v) is 3.45. The van der Waals surface area contributed by atoms with Crippen molar-refractivity contribution >= 4 is 5.91 Å². The molecular weight excluding hydrogens is 256 g/mol. The number of carbonyl (C=O) groups is 1. The fraction of sp³-hybridized carbons (Fsp3) is 0.533. The maximum Gasteiger partial charge on any atom is 0.240 e. The van der Waals surface area contributed by atoms with Crippen LogP contribution in [0.3, 0.4) is 0 Å². The molecule has 5 heteroatoms. The fourth-order valence-corrected chi connectivity index (χ4v) is 2.41. The van der Waals surface area contributed by atoms with Gasteiger partial charge in [0.15, 0.2) is 0 Å². The molecule has 0 aliphatic carbocycles. The number of phenolic OH excluding ortho intramolecular Hbond substituents is 1. The lowest BCUT2D eigenvalue weighted by atomic mass is 10.0. The van der Waals surface area contributed by atoms with Crippen LogP contribution in [0.25, 0.3) is 0 Å². The number of aromatic hydroxyl groups is 1. The van der Waals surface area contributed by atoms with E-state index >= 15 is 0 Å². The molecule has 5 nitrogen and oxygen atoms in total. The average molecular weight is 278 g/mol. The molecule has 1 aromatic carbocycles. The summed E-state index contributed by atoms with van der Waals surface area (Å²) < 4.78 is 5.59. The topological polar surface area (TPSA) is 75.8 Å². The molecule has 1 aromatic rings. The van der Waals surface area contributed by atoms with Gasteiger partial charge in [0, 0.05) is 13.1 Å². The third-order valence-electron chi connectivity index (χ3n) is 3.45. The smallest absolute Gasteiger partial charge is 0.240 e. The minimum Gasteiger partial charge on any atom is -0.508 e. The molecular formula is C15H22N2O3. The maximum absolute atomic E-state index is 12.4. The predicted molar refractivity (Wildman–Crippen MR) is 76.4 cm³/mol. The molecule has 1 heterocycles. The van der Waals surface area contributed by atoms with E-state index in [1.807, 2.05) is 13.8 Å². The number of rotatable bonds is 3. The van der Waals surface area contributed by atoms with E-state index in [4.69, 9.17) is 10.5 Å². The van der Waals surface area contributed by atoms with Gasteiger partial charge in [-0.25, -0.2) is 0 Å². The second kappa shape index (κ2) is 5.81. The Bertz CT molecular complexity index is 471. The van der Waals surface area contributed by atoms with Gasteiger partial charge in [-0.15, -0.1) is 0 Å². The number of morpholine rings is 1. The van der Waals surface area contributed by atoms with Gasteiger partial charge in [0.2, 0.25) is 5.91 Å². The van der Waals surface area contributed by atoms with Crippen molar-refractivity contribution in [1.29, 1.82) is 0 Å². The van der Waals surface area contributed by atoms with Crippen LogP contribution in [0.5, 0.6) is 5.75 Å². The molecule has 1 saturated heterocycles. The summed E-state index contributed by atoms with van der Waals surface area (Å²) in [4.78, 5) is 14.1. The van der Waals surface area contributed by atoms with Crippen LogP contribution in [0.15, 0.2) is 24.3 Å². The summed E-state index contributed by atoms with van der Waals surface area (Å²) in [6.07, 6.45) is 0.469. The molecule has 0 bridgehead atoms. The van der Waals surface area contributed by atoms with Crippen molar-refractivity contribution < 1.29 is 14.6 Å². The van der Waals surface area contributed by atoms with Crippen LogP contribution >= 0.6 is 0 Å². The van der Waals surface area contributed by atoms with Crippen LogP contribution in [0, 0.1) is 0 Å². The lowest BCUT2D eigenvalue weighted by Crippen LogP contribution is -2.55. The zero-order valence-corrected chi connectivity index (χ0v) is 12.0. The number of amides is 1. The van der Waals surface area contributed by atoms with Crippen molar-refractivity contribution in [2.45, 2.75) is 31.9 Å². The van der Waals surface area contributed by atoms with Crippen molar-refractivity contribution in [1.82, 2.24) is 4.90 Å². The van der Waals surface area contributed by atoms with E-state index in [0.717, 1.165) is 5.56 Å². The van der Waals surface area contributed by atoms with E-state index in [1.165, 1.54) is 0 Å². The number of phenols is 1. The van der Waals surface area contributed by atoms with E-state index in [9.17, 15) is 9.90 Å². The summed E-state index contributed by atoms with van der Waals surface area (Å²) in [6, 6.07) is 6.21. The highest BCUT2D eigenvalue weighted by molar-refractivity contribution is 5.82. The number of benzene rings is 1. The van der Waals surface area contributed by atoms with E-state index in [2.05, 4.69) is 0 Å². The Kier molecular flexibility index (Phi) is 4.30. The van der Waals surface area contributed by atoms with Crippen molar-refractivity contribution in [3.05, 3.63) is 29.8 Å². The molecule has 0 saturated carbocycles. The zero-order chi connectivity index (χ0) is 14.8. The Morgan fingerprint density at radius 1 is 1.45 bits per heavy atom. The first-order valence-corrected chi connectivity index (χ1v) is 6.84. The lowest BCUT2D eigenvalue weighted by molar-refractivity contribution is -0.147. The van der Waals surface area contributed by atoms with E-state index in [0.29, 0.717) is 26.1 Å². The highest BCUT2D eigenvalue weighted by Gasteiger charge is 2.31. The average Bonchev–Trinajstić information content (AvgIpc) is 2.39. The summed E-state index contributed by atoms with van der Waals surface area (Å²) in [5.41, 5.74) is 6.64. The second-order valence-corrected chi connectivity index (χ2v) is 5.85. The van der Waals surface area contributed by atoms with Crippen molar-refractivity contribution in [3.8, 4) is 5.75 Å². The van der Waals surface area contributed by atoms with Crippen LogP contribution in [-0.2, 0) is 16.0 Å². The number of hydrogen-bond donors (Lipinski definition) is 2. The number of nitrogens with two attached hydrogens (primary N) is 1. The van der Waals surface area contributed by atoms with E-state index in [-0.39, 0.29) is 17.3 Å². The molecule has 0 spiro atoms. The maximum atomic E-state index is 12.4. The van der Waals surface area contributed by atoms with Gasteiger partial charge in [-0.05, 0) is 38.0 Å². The van der Waals surface area contributed by atoms with Crippen LogP contribution in [0.4, 0.5) is 0 Å². The fourth-order valence-electron chi connectivity index (χ4n) is 2.41. The van der Waals surface area contributed by atoms with Gasteiger partial charge in [-0.1, -0.05) is 12.1 Å². The van der Waals surface area contributed by atoms with Gasteiger partial charge in [0.05, 0.1) is 18.2 Å². The molecule has 0 radical (unpaired) electrons. The molecule has 2 rings (SSSR count). The summed E-state index contributed by atoms with van der Waals surface area (Å²) in [7, 11) is 0. The van der Waals surface area contributed by atoms with Crippen LogP contribution < -0.4 is 5.73 Å². The molecule has 1 amide bonds. The highest BCUT2D eigenvalue weighted by atomic mass is 16.5. The molecule has 1 fully saturated rings. The summed E-state index contributed by atoms with van der Waals surface area (Å²) >= 11 is 0. The zero-order valence-electron chi connectivity index (χ0n) is 12.0. The second-order valence-electron chi connectivity index (χ2n) is 5.85. The largest absolute Gasteiger partial charge is 0.508 e. The highest BCUT2D eigenvalue weighted by Crippen LogP contribution is 2.18. The molecule has 1 aliphatic heterocycles. The molecule has 110 valence electrons. The van der Waals surface area contributed by atoms with E-state index in [1.54, 1.807) is 29.2 Å². The first-order chi connectivity index (χ1) is 9.37. The minimum absolute atomic E-state index is 0.0468. The standard InChI is InChI=1S/C15H22N2O3/c1-15(2)10-17(7-8-20-15)14(19)13(16)9-11-3-5-12(18)6-4-11/h3-6,13,18H,7-10,16H2,1-2H3. The van der Waals surface area contributed by atoms with Crippen LogP contribution in [-0.4, -0.2) is 47.3 Å². The van der Waals surface area contributed by atoms with Crippen LogP contribution in [0.2, 0.25) is 0 Å². The lowest BCUT2D eigenvalue weighted by Gasteiger charge is -2.39. The van der Waals surface area contributed by atoms with Crippen molar-refractivity contribution in [2.75, 3.05) is 19.7 Å². The predicted octanol–water partition coefficient (Wildman–Crippen LogP) is 0.899. The number of nitrogens with zero attached hydrogens (tertiary/aromatic N) is 1. The number of hydrogen-bond acceptors (Lipinski definition) is 4. The Balaban J connectivity index is 1.96. The number of ether oxygens (including phenoxy) is 1. The minimum atomic E-state index is -0.562. The van der Waals surface area contributed by atoms with Gasteiger partial charge < -0.3 is 20.5 Å². The first kappa shape index (κ1) is 14.8. The molecule has 0 aromatic heterocycles. The normalized spacial score (nSPS) is 19.6. The SMILES string of the molecule is CC1(C)CN(C(=O)C(N)Cc2ccc(O)cc2)CCO1. The summed E-state index contributed by atoms with van der Waals surface area (Å²) in [6.45, 7) is 5.64. The molecule has 20 heavy (non-hydrogen) atoms. The Labute approximate surface area is 119 Å². The Morgan fingerprint density at radius 3 is 2.70 bits per heavy atom. The third kappa shape index (κ3) is 3.71. The van der Waals surface area contributed by atoms with E-state index < -0.39 is 6.04 Å². The monoisotopic (exact) mass is 278 g/mol. The first-order valence-electron chi connectivity index (χ1n) is 6.84. The van der Waals surface area contributed by atoms with Crippen LogP contribution in [0.1, 0.15) is 19.4 Å². The molecule has 1 aliphatic rings. The number of carbonyl (C=O) groups excluding carboxylic acids is 1. The molecule has 1 unspecified atom stereocenters. The van der Waals surface area contributed by atoms with Gasteiger partial charge in [-0.3, -0.25) is 4.79 Å². The summed E-state index contributed by atoms with van der Waals surface area (Å²) in [5.74, 6) is 0.165. The molecule has 3 N–H and O–H groups in total. The summed E-state index contributed by atoms with van der Waals surface area (Å²) in [5, 5.41) is 9.24. The van der Waals surface area contributed by atoms with Crippen molar-refractivity contribution in [3.63, 3.8) is 0 Å². The van der Waals surface area contributed by atoms with Crippen molar-refractivity contribution in [2.24, 2.45) is 5.73 Å².